The summed E-state index contributed by atoms with van der Waals surface area (Å²) in [7, 11) is 0. The number of rotatable bonds is 6. The van der Waals surface area contributed by atoms with Crippen LogP contribution in [0.2, 0.25) is 0 Å². The maximum atomic E-state index is 4.89. The van der Waals surface area contributed by atoms with Gasteiger partial charge in [0.2, 0.25) is 0 Å². The predicted octanol–water partition coefficient (Wildman–Crippen LogP) is 7.14. The van der Waals surface area contributed by atoms with E-state index in [0.29, 0.717) is 11.8 Å². The summed E-state index contributed by atoms with van der Waals surface area (Å²) in [5.74, 6) is 0.833. The number of hydrogen-bond donors (Lipinski definition) is 0. The minimum Gasteiger partial charge on any atom is -0.255 e. The molecule has 0 N–H and O–H groups in total. The second-order valence-electron chi connectivity index (χ2n) is 7.94. The molecule has 148 valence electrons. The maximum Gasteiger partial charge on any atom is 0.0823 e. The first-order chi connectivity index (χ1) is 13.9. The zero-order valence-corrected chi connectivity index (χ0v) is 17.9. The highest BCUT2D eigenvalue weighted by molar-refractivity contribution is 5.85. The fourth-order valence-electron chi connectivity index (χ4n) is 3.30. The number of hydrogen-bond acceptors (Lipinski definition) is 3. The lowest BCUT2D eigenvalue weighted by Crippen LogP contribution is -1.98. The van der Waals surface area contributed by atoms with Crippen LogP contribution in [0, 0.1) is 6.92 Å². The van der Waals surface area contributed by atoms with E-state index in [2.05, 4.69) is 63.9 Å². The van der Waals surface area contributed by atoms with Gasteiger partial charge in [0, 0.05) is 0 Å². The Morgan fingerprint density at radius 1 is 0.724 bits per heavy atom. The number of aliphatic imine (C=N–C) groups is 2. The van der Waals surface area contributed by atoms with Gasteiger partial charge in [-0.2, -0.15) is 0 Å². The van der Waals surface area contributed by atoms with Crippen molar-refractivity contribution < 1.29 is 0 Å². The number of benzene rings is 2. The zero-order valence-electron chi connectivity index (χ0n) is 17.9. The standard InChI is InChI=1S/C26H29N3/c1-18(2)24-12-9-13-25(19(3)4)26(24)28-17-23-15-20(5)14-22(29-23)16-27-21-10-7-6-8-11-21/h6-19H,1-5H3. The van der Waals surface area contributed by atoms with Crippen molar-refractivity contribution in [1.82, 2.24) is 4.98 Å². The first-order valence-electron chi connectivity index (χ1n) is 10.2. The van der Waals surface area contributed by atoms with Gasteiger partial charge in [0.1, 0.15) is 0 Å². The molecule has 1 aromatic heterocycles. The van der Waals surface area contributed by atoms with Crippen LogP contribution in [0.5, 0.6) is 0 Å². The normalized spacial score (nSPS) is 12.0. The average molecular weight is 384 g/mol. The quantitative estimate of drug-likeness (QED) is 0.417. The molecule has 3 rings (SSSR count). The molecular weight excluding hydrogens is 354 g/mol. The summed E-state index contributed by atoms with van der Waals surface area (Å²) in [5.41, 5.74) is 7.33. The molecule has 0 saturated carbocycles. The number of nitrogens with zero attached hydrogens (tertiary/aromatic N) is 3. The lowest BCUT2D eigenvalue weighted by molar-refractivity contribution is 0.835. The van der Waals surface area contributed by atoms with Crippen LogP contribution >= 0.6 is 0 Å². The molecule has 0 saturated heterocycles. The van der Waals surface area contributed by atoms with E-state index in [9.17, 15) is 0 Å². The van der Waals surface area contributed by atoms with E-state index >= 15 is 0 Å². The minimum atomic E-state index is 0.417. The molecule has 0 aliphatic carbocycles. The Hall–Kier alpha value is -3.07. The molecule has 0 aliphatic rings. The van der Waals surface area contributed by atoms with E-state index < -0.39 is 0 Å². The summed E-state index contributed by atoms with van der Waals surface area (Å²) in [6.07, 6.45) is 3.68. The van der Waals surface area contributed by atoms with E-state index in [1.807, 2.05) is 42.6 Å². The largest absolute Gasteiger partial charge is 0.255 e. The summed E-state index contributed by atoms with van der Waals surface area (Å²) >= 11 is 0. The van der Waals surface area contributed by atoms with Gasteiger partial charge in [-0.15, -0.1) is 0 Å². The summed E-state index contributed by atoms with van der Waals surface area (Å²) < 4.78 is 0. The smallest absolute Gasteiger partial charge is 0.0823 e. The molecule has 3 nitrogen and oxygen atoms in total. The maximum absolute atomic E-state index is 4.89. The van der Waals surface area contributed by atoms with Crippen molar-refractivity contribution in [2.75, 3.05) is 0 Å². The third kappa shape index (κ3) is 5.47. The Morgan fingerprint density at radius 3 is 1.83 bits per heavy atom. The summed E-state index contributed by atoms with van der Waals surface area (Å²) in [4.78, 5) is 14.1. The Bertz CT molecular complexity index is 989. The molecule has 0 aliphatic heterocycles. The van der Waals surface area contributed by atoms with Crippen LogP contribution in [0.25, 0.3) is 0 Å². The molecule has 0 amide bonds. The van der Waals surface area contributed by atoms with Gasteiger partial charge in [-0.25, -0.2) is 4.98 Å². The van der Waals surface area contributed by atoms with Crippen molar-refractivity contribution in [1.29, 1.82) is 0 Å². The molecule has 2 aromatic carbocycles. The van der Waals surface area contributed by atoms with Gasteiger partial charge in [0.25, 0.3) is 0 Å². The average Bonchev–Trinajstić information content (AvgIpc) is 2.70. The molecule has 0 radical (unpaired) electrons. The third-order valence-electron chi connectivity index (χ3n) is 4.78. The zero-order chi connectivity index (χ0) is 20.8. The second kappa shape index (κ2) is 9.42. The minimum absolute atomic E-state index is 0.417. The van der Waals surface area contributed by atoms with Crippen LogP contribution in [0.1, 0.15) is 67.6 Å². The highest BCUT2D eigenvalue weighted by Crippen LogP contribution is 2.34. The first kappa shape index (κ1) is 20.7. The van der Waals surface area contributed by atoms with Gasteiger partial charge in [-0.05, 0) is 59.7 Å². The van der Waals surface area contributed by atoms with Crippen molar-refractivity contribution in [3.8, 4) is 0 Å². The van der Waals surface area contributed by atoms with E-state index in [-0.39, 0.29) is 0 Å². The molecule has 29 heavy (non-hydrogen) atoms. The van der Waals surface area contributed by atoms with Crippen LogP contribution in [0.4, 0.5) is 11.4 Å². The molecule has 0 fully saturated rings. The monoisotopic (exact) mass is 383 g/mol. The Morgan fingerprint density at radius 2 is 1.28 bits per heavy atom. The van der Waals surface area contributed by atoms with Gasteiger partial charge in [-0.3, -0.25) is 9.98 Å². The SMILES string of the molecule is Cc1cc(C=Nc2ccccc2)nc(C=Nc2c(C(C)C)cccc2C(C)C)c1. The molecular formula is C26H29N3. The van der Waals surface area contributed by atoms with Crippen molar-refractivity contribution >= 4 is 23.8 Å². The van der Waals surface area contributed by atoms with Gasteiger partial charge < -0.3 is 0 Å². The Labute approximate surface area is 174 Å². The van der Waals surface area contributed by atoms with Gasteiger partial charge in [0.15, 0.2) is 0 Å². The molecule has 0 atom stereocenters. The lowest BCUT2D eigenvalue weighted by Gasteiger charge is -2.16. The van der Waals surface area contributed by atoms with Crippen LogP contribution in [-0.4, -0.2) is 17.4 Å². The van der Waals surface area contributed by atoms with Crippen molar-refractivity contribution in [3.05, 3.63) is 88.7 Å². The van der Waals surface area contributed by atoms with Crippen LogP contribution in [0.3, 0.4) is 0 Å². The second-order valence-corrected chi connectivity index (χ2v) is 7.94. The van der Waals surface area contributed by atoms with E-state index in [1.165, 1.54) is 11.1 Å². The molecule has 0 spiro atoms. The first-order valence-corrected chi connectivity index (χ1v) is 10.2. The number of para-hydroxylation sites is 2. The Kier molecular flexibility index (Phi) is 6.71. The topological polar surface area (TPSA) is 37.6 Å². The van der Waals surface area contributed by atoms with Crippen molar-refractivity contribution in [2.45, 2.75) is 46.5 Å². The van der Waals surface area contributed by atoms with Gasteiger partial charge in [-0.1, -0.05) is 64.1 Å². The summed E-state index contributed by atoms with van der Waals surface area (Å²) in [5, 5.41) is 0. The number of aromatic nitrogens is 1. The molecule has 0 unspecified atom stereocenters. The van der Waals surface area contributed by atoms with Gasteiger partial charge in [0.05, 0.1) is 35.2 Å². The van der Waals surface area contributed by atoms with Crippen molar-refractivity contribution in [2.24, 2.45) is 9.98 Å². The number of aryl methyl sites for hydroxylation is 1. The van der Waals surface area contributed by atoms with Crippen LogP contribution in [-0.2, 0) is 0 Å². The summed E-state index contributed by atoms with van der Waals surface area (Å²) in [6, 6.07) is 20.5. The summed E-state index contributed by atoms with van der Waals surface area (Å²) in [6.45, 7) is 10.9. The van der Waals surface area contributed by atoms with E-state index in [4.69, 9.17) is 9.98 Å². The molecule has 3 heteroatoms. The molecule has 3 aromatic rings. The van der Waals surface area contributed by atoms with Crippen molar-refractivity contribution in [3.63, 3.8) is 0 Å². The molecule has 1 heterocycles. The molecule has 0 bridgehead atoms. The third-order valence-corrected chi connectivity index (χ3v) is 4.78. The van der Waals surface area contributed by atoms with Crippen LogP contribution in [0.15, 0.2) is 70.6 Å². The van der Waals surface area contributed by atoms with E-state index in [0.717, 1.165) is 28.3 Å². The van der Waals surface area contributed by atoms with Gasteiger partial charge >= 0.3 is 0 Å². The Balaban J connectivity index is 1.94. The predicted molar refractivity (Wildman–Crippen MR) is 125 cm³/mol. The highest BCUT2D eigenvalue weighted by Gasteiger charge is 2.12. The fourth-order valence-corrected chi connectivity index (χ4v) is 3.30. The fraction of sp³-hybridized carbons (Fsp3) is 0.269. The van der Waals surface area contributed by atoms with E-state index in [1.54, 1.807) is 6.21 Å². The lowest BCUT2D eigenvalue weighted by atomic mass is 9.93. The van der Waals surface area contributed by atoms with Crippen LogP contribution < -0.4 is 0 Å². The highest BCUT2D eigenvalue weighted by atomic mass is 14.8. The number of pyridine rings is 1.